The number of hydrogen-bond acceptors (Lipinski definition) is 1. The number of hydrogen-bond donors (Lipinski definition) is 0. The molecule has 7 heteroatoms. The van der Waals surface area contributed by atoms with E-state index in [1.807, 2.05) is 6.07 Å². The molecular weight excluding hydrogens is 238 g/mol. The summed E-state index contributed by atoms with van der Waals surface area (Å²) < 4.78 is 77.1. The van der Waals surface area contributed by atoms with E-state index in [0.717, 1.165) is 12.1 Å². The van der Waals surface area contributed by atoms with Crippen LogP contribution in [0.1, 0.15) is 5.56 Å². The van der Waals surface area contributed by atoms with Crippen LogP contribution in [-0.4, -0.2) is 12.8 Å². The summed E-state index contributed by atoms with van der Waals surface area (Å²) in [7, 11) is 0. The fourth-order valence-electron chi connectivity index (χ4n) is 0.906. The average Bonchev–Trinajstić information content (AvgIpc) is 2.16. The van der Waals surface area contributed by atoms with E-state index in [2.05, 4.69) is 4.74 Å². The standard InChI is InChI=1S/C9H5F6O/c10-5-8(11,12)16-7-4-2-1-3-6(7)9(13,14)15/h1-3H,5H2. The largest absolute Gasteiger partial charge is 0.429 e. The monoisotopic (exact) mass is 243 g/mol. The van der Waals surface area contributed by atoms with Crippen molar-refractivity contribution in [1.29, 1.82) is 0 Å². The van der Waals surface area contributed by atoms with Crippen molar-refractivity contribution < 1.29 is 31.1 Å². The molecule has 0 aliphatic rings. The lowest BCUT2D eigenvalue weighted by molar-refractivity contribution is -0.192. The highest BCUT2D eigenvalue weighted by Crippen LogP contribution is 2.37. The van der Waals surface area contributed by atoms with Crippen molar-refractivity contribution in [2.45, 2.75) is 12.3 Å². The number of para-hydroxylation sites is 1. The molecule has 0 N–H and O–H groups in total. The molecule has 0 spiro atoms. The van der Waals surface area contributed by atoms with Gasteiger partial charge < -0.3 is 4.74 Å². The first-order valence-electron chi connectivity index (χ1n) is 3.97. The molecule has 0 unspecified atom stereocenters. The van der Waals surface area contributed by atoms with E-state index in [1.165, 1.54) is 0 Å². The third kappa shape index (κ3) is 3.04. The average molecular weight is 243 g/mol. The maximum Gasteiger partial charge on any atom is 0.427 e. The third-order valence-electron chi connectivity index (χ3n) is 1.53. The Morgan fingerprint density at radius 1 is 1.19 bits per heavy atom. The van der Waals surface area contributed by atoms with Crippen LogP contribution in [0.15, 0.2) is 18.2 Å². The maximum absolute atomic E-state index is 12.4. The second kappa shape index (κ2) is 4.23. The lowest BCUT2D eigenvalue weighted by Crippen LogP contribution is -2.28. The van der Waals surface area contributed by atoms with Gasteiger partial charge in [0.05, 0.1) is 5.56 Å². The Balaban J connectivity index is 3.06. The van der Waals surface area contributed by atoms with Gasteiger partial charge in [-0.3, -0.25) is 0 Å². The molecule has 0 saturated heterocycles. The van der Waals surface area contributed by atoms with Crippen molar-refractivity contribution in [1.82, 2.24) is 0 Å². The Morgan fingerprint density at radius 2 is 1.81 bits per heavy atom. The van der Waals surface area contributed by atoms with Crippen molar-refractivity contribution in [2.24, 2.45) is 0 Å². The van der Waals surface area contributed by atoms with Gasteiger partial charge in [0.1, 0.15) is 5.75 Å². The fourth-order valence-corrected chi connectivity index (χ4v) is 0.906. The number of benzene rings is 1. The molecule has 0 atom stereocenters. The first-order valence-corrected chi connectivity index (χ1v) is 3.97. The van der Waals surface area contributed by atoms with Crippen LogP contribution in [-0.2, 0) is 6.18 Å². The van der Waals surface area contributed by atoms with E-state index >= 15 is 0 Å². The van der Waals surface area contributed by atoms with Crippen LogP contribution < -0.4 is 4.74 Å². The summed E-state index contributed by atoms with van der Waals surface area (Å²) in [5, 5.41) is 0. The zero-order valence-corrected chi connectivity index (χ0v) is 7.62. The Labute approximate surface area is 86.6 Å². The lowest BCUT2D eigenvalue weighted by Gasteiger charge is -2.17. The smallest absolute Gasteiger partial charge is 0.427 e. The second-order valence-electron chi connectivity index (χ2n) is 2.78. The molecule has 1 aromatic rings. The highest BCUT2D eigenvalue weighted by molar-refractivity contribution is 5.34. The van der Waals surface area contributed by atoms with Gasteiger partial charge in [0.15, 0.2) is 6.67 Å². The lowest BCUT2D eigenvalue weighted by atomic mass is 10.2. The van der Waals surface area contributed by atoms with E-state index in [4.69, 9.17) is 0 Å². The Morgan fingerprint density at radius 3 is 2.31 bits per heavy atom. The second-order valence-corrected chi connectivity index (χ2v) is 2.78. The van der Waals surface area contributed by atoms with E-state index in [9.17, 15) is 26.3 Å². The van der Waals surface area contributed by atoms with Gasteiger partial charge in [0.2, 0.25) is 0 Å². The van der Waals surface area contributed by atoms with Gasteiger partial charge >= 0.3 is 12.3 Å². The summed E-state index contributed by atoms with van der Waals surface area (Å²) in [6.45, 7) is -2.22. The van der Waals surface area contributed by atoms with Gasteiger partial charge in [-0.25, -0.2) is 4.39 Å². The third-order valence-corrected chi connectivity index (χ3v) is 1.53. The highest BCUT2D eigenvalue weighted by atomic mass is 19.4. The van der Waals surface area contributed by atoms with Crippen LogP contribution in [0.2, 0.25) is 0 Å². The minimum atomic E-state index is -4.86. The van der Waals surface area contributed by atoms with Crippen molar-refractivity contribution in [3.63, 3.8) is 0 Å². The molecule has 0 fully saturated rings. The number of halogens is 6. The zero-order valence-electron chi connectivity index (χ0n) is 7.62. The number of alkyl halides is 6. The highest BCUT2D eigenvalue weighted by Gasteiger charge is 2.38. The fraction of sp³-hybridized carbons (Fsp3) is 0.333. The summed E-state index contributed by atoms with van der Waals surface area (Å²) in [6, 6.07) is 4.31. The molecule has 89 valence electrons. The van der Waals surface area contributed by atoms with E-state index in [1.54, 1.807) is 0 Å². The van der Waals surface area contributed by atoms with E-state index in [0.29, 0.717) is 6.07 Å². The summed E-state index contributed by atoms with van der Waals surface area (Å²) >= 11 is 0. The Hall–Kier alpha value is -1.40. The summed E-state index contributed by atoms with van der Waals surface area (Å²) in [6.07, 6.45) is -9.16. The first-order chi connectivity index (χ1) is 7.26. The van der Waals surface area contributed by atoms with Crippen LogP contribution in [0.25, 0.3) is 0 Å². The SMILES string of the molecule is FCC(F)(F)Oc1[c]cccc1C(F)(F)F. The van der Waals surface area contributed by atoms with Gasteiger partial charge in [0, 0.05) is 6.07 Å². The van der Waals surface area contributed by atoms with Crippen LogP contribution in [0.3, 0.4) is 0 Å². The molecule has 1 radical (unpaired) electrons. The van der Waals surface area contributed by atoms with E-state index in [-0.39, 0.29) is 0 Å². The summed E-state index contributed by atoms with van der Waals surface area (Å²) in [5.41, 5.74) is -1.43. The molecule has 0 aliphatic carbocycles. The molecular formula is C9H5F6O. The summed E-state index contributed by atoms with van der Waals surface area (Å²) in [4.78, 5) is 0. The van der Waals surface area contributed by atoms with Crippen molar-refractivity contribution in [2.75, 3.05) is 6.67 Å². The molecule has 0 saturated carbocycles. The van der Waals surface area contributed by atoms with Gasteiger partial charge in [-0.2, -0.15) is 22.0 Å². The molecule has 0 bridgehead atoms. The number of rotatable bonds is 3. The maximum atomic E-state index is 12.4. The minimum Gasteiger partial charge on any atom is -0.429 e. The molecule has 16 heavy (non-hydrogen) atoms. The predicted octanol–water partition coefficient (Wildman–Crippen LogP) is 3.45. The minimum absolute atomic E-state index is 0.542. The van der Waals surface area contributed by atoms with Gasteiger partial charge in [-0.05, 0) is 6.07 Å². The molecule has 0 aromatic heterocycles. The van der Waals surface area contributed by atoms with Crippen LogP contribution in [0.4, 0.5) is 26.3 Å². The van der Waals surface area contributed by atoms with E-state index < -0.39 is 30.3 Å². The molecule has 1 aromatic carbocycles. The predicted molar refractivity (Wildman–Crippen MR) is 41.8 cm³/mol. The van der Waals surface area contributed by atoms with Gasteiger partial charge in [-0.15, -0.1) is 0 Å². The molecule has 0 amide bonds. The number of ether oxygens (including phenoxy) is 1. The molecule has 0 heterocycles. The summed E-state index contributed by atoms with van der Waals surface area (Å²) in [5.74, 6) is -1.22. The quantitative estimate of drug-likeness (QED) is 0.739. The van der Waals surface area contributed by atoms with Crippen LogP contribution >= 0.6 is 0 Å². The van der Waals surface area contributed by atoms with Gasteiger partial charge in [-0.1, -0.05) is 12.1 Å². The Bertz CT molecular complexity index is 359. The molecule has 1 nitrogen and oxygen atoms in total. The van der Waals surface area contributed by atoms with Crippen molar-refractivity contribution in [3.8, 4) is 5.75 Å². The molecule has 0 aliphatic heterocycles. The van der Waals surface area contributed by atoms with Crippen LogP contribution in [0, 0.1) is 6.07 Å². The van der Waals surface area contributed by atoms with Crippen molar-refractivity contribution >= 4 is 0 Å². The topological polar surface area (TPSA) is 9.23 Å². The van der Waals surface area contributed by atoms with Gasteiger partial charge in [0.25, 0.3) is 0 Å². The Kier molecular flexibility index (Phi) is 3.35. The van der Waals surface area contributed by atoms with Crippen LogP contribution in [0.5, 0.6) is 5.75 Å². The first kappa shape index (κ1) is 12.7. The normalized spacial score (nSPS) is 12.6. The zero-order chi connectivity index (χ0) is 12.4. The molecule has 1 rings (SSSR count). The van der Waals surface area contributed by atoms with Crippen molar-refractivity contribution in [3.05, 3.63) is 29.8 Å².